The molecule has 0 aliphatic carbocycles. The molecule has 0 unspecified atom stereocenters. The van der Waals surface area contributed by atoms with Gasteiger partial charge in [-0.1, -0.05) is 0 Å². The topological polar surface area (TPSA) is 32.3 Å². The normalized spacial score (nSPS) is 19.8. The molecule has 0 atom stereocenters. The van der Waals surface area contributed by atoms with Crippen molar-refractivity contribution in [3.05, 3.63) is 0 Å². The van der Waals surface area contributed by atoms with E-state index < -0.39 is 0 Å². The Morgan fingerprint density at radius 2 is 2.00 bits per heavy atom. The molecule has 48 valence electrons. The quantitative estimate of drug-likeness (QED) is 0.428. The highest BCUT2D eigenvalue weighted by Gasteiger charge is 2.09. The second kappa shape index (κ2) is 2.87. The minimum atomic E-state index is -0.309. The minimum absolute atomic E-state index is 0.309. The van der Waals surface area contributed by atoms with Gasteiger partial charge >= 0.3 is 0 Å². The molecule has 9 heavy (non-hydrogen) atoms. The van der Waals surface area contributed by atoms with E-state index in [1.165, 1.54) is 0 Å². The molecule has 0 saturated carbocycles. The number of piperazine rings is 1. The maximum absolute atomic E-state index is 10.5. The lowest BCUT2D eigenvalue weighted by Gasteiger charge is -2.26. The van der Waals surface area contributed by atoms with E-state index in [4.69, 9.17) is 7.85 Å². The molecule has 1 amide bonds. The van der Waals surface area contributed by atoms with E-state index in [9.17, 15) is 4.79 Å². The summed E-state index contributed by atoms with van der Waals surface area (Å²) in [6.45, 7) is 3.22. The fourth-order valence-corrected chi connectivity index (χ4v) is 0.885. The first-order chi connectivity index (χ1) is 4.30. The van der Waals surface area contributed by atoms with Crippen LogP contribution in [-0.4, -0.2) is 44.7 Å². The summed E-state index contributed by atoms with van der Waals surface area (Å²) in [5.41, 5.74) is 0. The second-order valence-electron chi connectivity index (χ2n) is 2.08. The molecular formula is C5H9BN2O. The van der Waals surface area contributed by atoms with Gasteiger partial charge in [0.2, 0.25) is 7.85 Å². The SMILES string of the molecule is [B]C(=O)N1CCNCC1. The van der Waals surface area contributed by atoms with Crippen LogP contribution in [-0.2, 0) is 0 Å². The van der Waals surface area contributed by atoms with E-state index in [0.717, 1.165) is 26.2 Å². The average Bonchev–Trinajstić information content (AvgIpc) is 1.90. The van der Waals surface area contributed by atoms with E-state index in [0.29, 0.717) is 0 Å². The Hall–Kier alpha value is -0.505. The lowest BCUT2D eigenvalue weighted by atomic mass is 10.1. The fourth-order valence-electron chi connectivity index (χ4n) is 0.885. The molecule has 4 heteroatoms. The van der Waals surface area contributed by atoms with Crippen LogP contribution in [0, 0.1) is 0 Å². The largest absolute Gasteiger partial charge is 0.350 e. The highest BCUT2D eigenvalue weighted by atomic mass is 16.1. The number of carbonyl (C=O) groups is 1. The van der Waals surface area contributed by atoms with E-state index in [-0.39, 0.29) is 5.81 Å². The van der Waals surface area contributed by atoms with Crippen LogP contribution < -0.4 is 5.32 Å². The van der Waals surface area contributed by atoms with Gasteiger partial charge in [-0.2, -0.15) is 0 Å². The zero-order valence-electron chi connectivity index (χ0n) is 5.26. The van der Waals surface area contributed by atoms with Crippen LogP contribution in [0.1, 0.15) is 0 Å². The molecule has 3 nitrogen and oxygen atoms in total. The van der Waals surface area contributed by atoms with E-state index in [1.807, 2.05) is 0 Å². The molecule has 0 aromatic carbocycles. The highest BCUT2D eigenvalue weighted by molar-refractivity contribution is 6.56. The van der Waals surface area contributed by atoms with Gasteiger partial charge < -0.3 is 10.2 Å². The van der Waals surface area contributed by atoms with Crippen molar-refractivity contribution < 1.29 is 4.79 Å². The Morgan fingerprint density at radius 3 is 2.33 bits per heavy atom. The van der Waals surface area contributed by atoms with E-state index in [2.05, 4.69) is 5.32 Å². The van der Waals surface area contributed by atoms with Gasteiger partial charge in [0.25, 0.3) is 0 Å². The molecule has 0 aromatic heterocycles. The standard InChI is InChI=1S/C5H9BN2O/c6-5(9)8-3-1-7-2-4-8/h7H,1-4H2. The number of hydrogen-bond donors (Lipinski definition) is 1. The monoisotopic (exact) mass is 124 g/mol. The molecule has 2 radical (unpaired) electrons. The summed E-state index contributed by atoms with van der Waals surface area (Å²) < 4.78 is 0. The van der Waals surface area contributed by atoms with E-state index in [1.54, 1.807) is 4.90 Å². The molecule has 0 bridgehead atoms. The lowest BCUT2D eigenvalue weighted by Crippen LogP contribution is -2.45. The Kier molecular flexibility index (Phi) is 2.11. The van der Waals surface area contributed by atoms with Crippen LogP contribution in [0.4, 0.5) is 4.79 Å². The third-order valence-electron chi connectivity index (χ3n) is 1.43. The van der Waals surface area contributed by atoms with Crippen molar-refractivity contribution >= 4 is 13.7 Å². The smallest absolute Gasteiger partial charge is 0.200 e. The van der Waals surface area contributed by atoms with Gasteiger partial charge in [0.1, 0.15) is 0 Å². The highest BCUT2D eigenvalue weighted by Crippen LogP contribution is 1.90. The van der Waals surface area contributed by atoms with Crippen LogP contribution in [0.2, 0.25) is 0 Å². The molecule has 1 fully saturated rings. The van der Waals surface area contributed by atoms with Crippen LogP contribution >= 0.6 is 0 Å². The van der Waals surface area contributed by atoms with Crippen molar-refractivity contribution in [1.82, 2.24) is 10.2 Å². The van der Waals surface area contributed by atoms with Gasteiger partial charge in [0.05, 0.1) is 0 Å². The van der Waals surface area contributed by atoms with Crippen molar-refractivity contribution in [2.24, 2.45) is 0 Å². The summed E-state index contributed by atoms with van der Waals surface area (Å²) in [4.78, 5) is 12.1. The minimum Gasteiger partial charge on any atom is -0.350 e. The molecule has 0 spiro atoms. The number of rotatable bonds is 0. The van der Waals surface area contributed by atoms with Crippen LogP contribution in [0.15, 0.2) is 0 Å². The summed E-state index contributed by atoms with van der Waals surface area (Å²) in [6.07, 6.45) is 0. The van der Waals surface area contributed by atoms with Crippen molar-refractivity contribution in [1.29, 1.82) is 0 Å². The Bertz CT molecular complexity index is 112. The summed E-state index contributed by atoms with van der Waals surface area (Å²) in [7, 11) is 5.03. The number of carbonyl (C=O) groups excluding carboxylic acids is 1. The molecule has 1 saturated heterocycles. The number of nitrogens with zero attached hydrogens (tertiary/aromatic N) is 1. The predicted molar refractivity (Wildman–Crippen MR) is 35.6 cm³/mol. The Labute approximate surface area is 55.8 Å². The maximum Gasteiger partial charge on any atom is 0.200 e. The molecular weight excluding hydrogens is 115 g/mol. The first-order valence-electron chi connectivity index (χ1n) is 3.06. The molecule has 1 rings (SSSR count). The third-order valence-corrected chi connectivity index (χ3v) is 1.43. The van der Waals surface area contributed by atoms with Crippen molar-refractivity contribution in [3.8, 4) is 0 Å². The molecule has 1 aliphatic rings. The first-order valence-corrected chi connectivity index (χ1v) is 3.06. The summed E-state index contributed by atoms with van der Waals surface area (Å²) >= 11 is 0. The van der Waals surface area contributed by atoms with Gasteiger partial charge in [-0.3, -0.25) is 4.79 Å². The van der Waals surface area contributed by atoms with Crippen molar-refractivity contribution in [2.45, 2.75) is 0 Å². The number of nitrogens with one attached hydrogen (secondary N) is 1. The van der Waals surface area contributed by atoms with Crippen LogP contribution in [0.5, 0.6) is 0 Å². The van der Waals surface area contributed by atoms with Gasteiger partial charge in [-0.25, -0.2) is 0 Å². The Morgan fingerprint density at radius 1 is 1.44 bits per heavy atom. The van der Waals surface area contributed by atoms with Crippen LogP contribution in [0.25, 0.3) is 0 Å². The maximum atomic E-state index is 10.5. The molecule has 0 aromatic rings. The van der Waals surface area contributed by atoms with Crippen molar-refractivity contribution in [2.75, 3.05) is 26.2 Å². The Balaban J connectivity index is 2.31. The molecule has 1 N–H and O–H groups in total. The second-order valence-corrected chi connectivity index (χ2v) is 2.08. The molecule has 1 aliphatic heterocycles. The average molecular weight is 124 g/mol. The third kappa shape index (κ3) is 1.71. The van der Waals surface area contributed by atoms with Crippen LogP contribution in [0.3, 0.4) is 0 Å². The van der Waals surface area contributed by atoms with Gasteiger partial charge in [-0.15, -0.1) is 0 Å². The van der Waals surface area contributed by atoms with Crippen molar-refractivity contribution in [3.63, 3.8) is 0 Å². The predicted octanol–water partition coefficient (Wildman–Crippen LogP) is -0.820. The first kappa shape index (κ1) is 6.61. The zero-order chi connectivity index (χ0) is 6.69. The van der Waals surface area contributed by atoms with Gasteiger partial charge in [0.15, 0.2) is 5.81 Å². The van der Waals surface area contributed by atoms with Gasteiger partial charge in [-0.05, 0) is 0 Å². The number of hydrogen-bond acceptors (Lipinski definition) is 2. The lowest BCUT2D eigenvalue weighted by molar-refractivity contribution is 0.213. The molecule has 1 heterocycles. The van der Waals surface area contributed by atoms with Gasteiger partial charge in [0, 0.05) is 26.2 Å². The summed E-state index contributed by atoms with van der Waals surface area (Å²) in [6, 6.07) is 0. The number of amides is 1. The fraction of sp³-hybridized carbons (Fsp3) is 0.800. The zero-order valence-corrected chi connectivity index (χ0v) is 5.26. The summed E-state index contributed by atoms with van der Waals surface area (Å²) in [5.74, 6) is -0.309. The summed E-state index contributed by atoms with van der Waals surface area (Å²) in [5, 5.41) is 3.12. The van der Waals surface area contributed by atoms with E-state index >= 15 is 0 Å².